The van der Waals surface area contributed by atoms with Crippen LogP contribution in [-0.2, 0) is 11.3 Å². The predicted molar refractivity (Wildman–Crippen MR) is 78.6 cm³/mol. The summed E-state index contributed by atoms with van der Waals surface area (Å²) in [6.07, 6.45) is 1.20. The molecule has 0 spiro atoms. The second-order valence-corrected chi connectivity index (χ2v) is 5.47. The molecule has 1 fully saturated rings. The van der Waals surface area contributed by atoms with E-state index >= 15 is 0 Å². The molecular formula is C16H23NO4. The fraction of sp³-hybridized carbons (Fsp3) is 0.562. The summed E-state index contributed by atoms with van der Waals surface area (Å²) in [7, 11) is 0. The Bertz CT molecular complexity index is 437. The van der Waals surface area contributed by atoms with Crippen molar-refractivity contribution in [3.8, 4) is 0 Å². The molecule has 0 aromatic heterocycles. The molecule has 1 aliphatic rings. The fourth-order valence-corrected chi connectivity index (χ4v) is 2.67. The summed E-state index contributed by atoms with van der Waals surface area (Å²) in [5, 5.41) is 18.8. The molecule has 2 rings (SSSR count). The third-order valence-corrected chi connectivity index (χ3v) is 3.89. The van der Waals surface area contributed by atoms with Crippen LogP contribution in [-0.4, -0.2) is 47.0 Å². The van der Waals surface area contributed by atoms with E-state index in [-0.39, 0.29) is 25.2 Å². The Labute approximate surface area is 125 Å². The highest BCUT2D eigenvalue weighted by Gasteiger charge is 2.28. The van der Waals surface area contributed by atoms with Gasteiger partial charge in [-0.3, -0.25) is 0 Å². The summed E-state index contributed by atoms with van der Waals surface area (Å²) >= 11 is 0. The Hall–Kier alpha value is -1.59. The standard InChI is InChI=1S/C16H23NO4/c18-10-8-15(19)14-7-4-9-17(11-14)16(20)21-12-13-5-2-1-3-6-13/h1-3,5-6,14-15,18-19H,4,7-12H2/t14-,15+/m1/s1. The van der Waals surface area contributed by atoms with E-state index in [0.717, 1.165) is 18.4 Å². The fourth-order valence-electron chi connectivity index (χ4n) is 2.67. The number of carbonyl (C=O) groups is 1. The second kappa shape index (κ2) is 8.00. The van der Waals surface area contributed by atoms with Gasteiger partial charge in [0.25, 0.3) is 0 Å². The summed E-state index contributed by atoms with van der Waals surface area (Å²) in [4.78, 5) is 13.7. The van der Waals surface area contributed by atoms with Gasteiger partial charge in [-0.1, -0.05) is 30.3 Å². The maximum absolute atomic E-state index is 12.1. The van der Waals surface area contributed by atoms with Crippen molar-refractivity contribution in [2.45, 2.75) is 32.0 Å². The number of amides is 1. The van der Waals surface area contributed by atoms with Gasteiger partial charge in [-0.05, 0) is 24.8 Å². The predicted octanol–water partition coefficient (Wildman–Crippen LogP) is 1.78. The zero-order valence-corrected chi connectivity index (χ0v) is 12.1. The molecule has 0 saturated carbocycles. The number of rotatable bonds is 5. The Morgan fingerprint density at radius 1 is 1.38 bits per heavy atom. The van der Waals surface area contributed by atoms with E-state index in [9.17, 15) is 9.90 Å². The smallest absolute Gasteiger partial charge is 0.410 e. The number of aliphatic hydroxyl groups excluding tert-OH is 2. The van der Waals surface area contributed by atoms with Crippen molar-refractivity contribution in [1.29, 1.82) is 0 Å². The minimum atomic E-state index is -0.556. The van der Waals surface area contributed by atoms with Gasteiger partial charge >= 0.3 is 6.09 Å². The highest BCUT2D eigenvalue weighted by Crippen LogP contribution is 2.22. The maximum atomic E-state index is 12.1. The van der Waals surface area contributed by atoms with Gasteiger partial charge in [0.15, 0.2) is 0 Å². The molecule has 5 nitrogen and oxygen atoms in total. The number of aliphatic hydroxyl groups is 2. The minimum absolute atomic E-state index is 0.0233. The van der Waals surface area contributed by atoms with E-state index in [1.165, 1.54) is 0 Å². The van der Waals surface area contributed by atoms with Gasteiger partial charge in [0.1, 0.15) is 6.61 Å². The van der Waals surface area contributed by atoms with Crippen LogP contribution in [0.1, 0.15) is 24.8 Å². The summed E-state index contributed by atoms with van der Waals surface area (Å²) in [6, 6.07) is 9.56. The van der Waals surface area contributed by atoms with Crippen molar-refractivity contribution in [3.05, 3.63) is 35.9 Å². The first-order chi connectivity index (χ1) is 10.2. The lowest BCUT2D eigenvalue weighted by atomic mass is 9.91. The van der Waals surface area contributed by atoms with Crippen molar-refractivity contribution in [1.82, 2.24) is 4.90 Å². The van der Waals surface area contributed by atoms with Gasteiger partial charge in [-0.2, -0.15) is 0 Å². The first-order valence-electron chi connectivity index (χ1n) is 7.45. The van der Waals surface area contributed by atoms with Crippen molar-refractivity contribution >= 4 is 6.09 Å². The van der Waals surface area contributed by atoms with E-state index < -0.39 is 6.10 Å². The van der Waals surface area contributed by atoms with Crippen molar-refractivity contribution in [2.75, 3.05) is 19.7 Å². The van der Waals surface area contributed by atoms with E-state index in [1.807, 2.05) is 30.3 Å². The molecule has 0 radical (unpaired) electrons. The topological polar surface area (TPSA) is 70.0 Å². The molecule has 0 aliphatic carbocycles. The number of carbonyl (C=O) groups excluding carboxylic acids is 1. The van der Waals surface area contributed by atoms with Crippen LogP contribution >= 0.6 is 0 Å². The van der Waals surface area contributed by atoms with Gasteiger partial charge in [0, 0.05) is 25.6 Å². The van der Waals surface area contributed by atoms with Crippen LogP contribution in [0.5, 0.6) is 0 Å². The number of ether oxygens (including phenoxy) is 1. The summed E-state index contributed by atoms with van der Waals surface area (Å²) in [5.74, 6) is 0.0233. The average molecular weight is 293 g/mol. The maximum Gasteiger partial charge on any atom is 0.410 e. The molecule has 1 aromatic carbocycles. The van der Waals surface area contributed by atoms with E-state index in [2.05, 4.69) is 0 Å². The van der Waals surface area contributed by atoms with Crippen LogP contribution in [0.4, 0.5) is 4.79 Å². The van der Waals surface area contributed by atoms with E-state index in [0.29, 0.717) is 19.5 Å². The molecule has 0 unspecified atom stereocenters. The van der Waals surface area contributed by atoms with Gasteiger partial charge in [-0.15, -0.1) is 0 Å². The SMILES string of the molecule is O=C(OCc1ccccc1)N1CCC[C@@H]([C@@H](O)CCO)C1. The number of hydrogen-bond acceptors (Lipinski definition) is 4. The van der Waals surface area contributed by atoms with Gasteiger partial charge in [0.2, 0.25) is 0 Å². The largest absolute Gasteiger partial charge is 0.445 e. The molecule has 0 bridgehead atoms. The number of piperidine rings is 1. The molecule has 1 heterocycles. The van der Waals surface area contributed by atoms with Gasteiger partial charge < -0.3 is 19.8 Å². The Morgan fingerprint density at radius 2 is 2.14 bits per heavy atom. The zero-order valence-electron chi connectivity index (χ0n) is 12.1. The molecular weight excluding hydrogens is 270 g/mol. The van der Waals surface area contributed by atoms with Crippen LogP contribution in [0.2, 0.25) is 0 Å². The molecule has 1 saturated heterocycles. The van der Waals surface area contributed by atoms with Crippen LogP contribution in [0, 0.1) is 5.92 Å². The van der Waals surface area contributed by atoms with Crippen LogP contribution in [0.25, 0.3) is 0 Å². The second-order valence-electron chi connectivity index (χ2n) is 5.47. The van der Waals surface area contributed by atoms with Crippen molar-refractivity contribution in [2.24, 2.45) is 5.92 Å². The summed E-state index contributed by atoms with van der Waals surface area (Å²) in [5.41, 5.74) is 0.958. The normalized spacial score (nSPS) is 20.1. The highest BCUT2D eigenvalue weighted by molar-refractivity contribution is 5.67. The molecule has 116 valence electrons. The first-order valence-corrected chi connectivity index (χ1v) is 7.45. The summed E-state index contributed by atoms with van der Waals surface area (Å²) in [6.45, 7) is 1.39. The molecule has 5 heteroatoms. The van der Waals surface area contributed by atoms with Gasteiger partial charge in [0.05, 0.1) is 6.10 Å². The number of hydrogen-bond donors (Lipinski definition) is 2. The monoisotopic (exact) mass is 293 g/mol. The lowest BCUT2D eigenvalue weighted by molar-refractivity contribution is 0.0269. The average Bonchev–Trinajstić information content (AvgIpc) is 2.54. The van der Waals surface area contributed by atoms with Crippen molar-refractivity contribution < 1.29 is 19.7 Å². The van der Waals surface area contributed by atoms with Gasteiger partial charge in [-0.25, -0.2) is 4.79 Å². The van der Waals surface area contributed by atoms with Crippen LogP contribution < -0.4 is 0 Å². The number of benzene rings is 1. The lowest BCUT2D eigenvalue weighted by Gasteiger charge is -2.34. The zero-order chi connectivity index (χ0) is 15.1. The van der Waals surface area contributed by atoms with Crippen molar-refractivity contribution in [3.63, 3.8) is 0 Å². The number of nitrogens with zero attached hydrogens (tertiary/aromatic N) is 1. The molecule has 2 atom stereocenters. The van der Waals surface area contributed by atoms with Crippen LogP contribution in [0.3, 0.4) is 0 Å². The third-order valence-electron chi connectivity index (χ3n) is 3.89. The first kappa shape index (κ1) is 15.8. The Balaban J connectivity index is 1.81. The van der Waals surface area contributed by atoms with E-state index in [4.69, 9.17) is 9.84 Å². The lowest BCUT2D eigenvalue weighted by Crippen LogP contribution is -2.43. The Kier molecular flexibility index (Phi) is 6.02. The third kappa shape index (κ3) is 4.72. The molecule has 1 amide bonds. The molecule has 1 aliphatic heterocycles. The Morgan fingerprint density at radius 3 is 2.86 bits per heavy atom. The quantitative estimate of drug-likeness (QED) is 0.868. The minimum Gasteiger partial charge on any atom is -0.445 e. The highest BCUT2D eigenvalue weighted by atomic mass is 16.6. The van der Waals surface area contributed by atoms with Crippen LogP contribution in [0.15, 0.2) is 30.3 Å². The molecule has 21 heavy (non-hydrogen) atoms. The molecule has 1 aromatic rings. The number of likely N-dealkylation sites (tertiary alicyclic amines) is 1. The molecule has 2 N–H and O–H groups in total. The van der Waals surface area contributed by atoms with E-state index in [1.54, 1.807) is 4.90 Å². The summed E-state index contributed by atoms with van der Waals surface area (Å²) < 4.78 is 5.31.